The van der Waals surface area contributed by atoms with E-state index in [-0.39, 0.29) is 5.41 Å². The minimum atomic E-state index is -0.437. The van der Waals surface area contributed by atoms with Gasteiger partial charge in [0.2, 0.25) is 0 Å². The van der Waals surface area contributed by atoms with Gasteiger partial charge in [0.25, 0.3) is 0 Å². The number of ether oxygens (including phenoxy) is 1. The van der Waals surface area contributed by atoms with Crippen molar-refractivity contribution in [2.24, 2.45) is 17.3 Å². The lowest BCUT2D eigenvalue weighted by Crippen LogP contribution is -2.50. The summed E-state index contributed by atoms with van der Waals surface area (Å²) in [6, 6.07) is 6.87. The van der Waals surface area contributed by atoms with E-state index in [4.69, 9.17) is 4.74 Å². The fourth-order valence-corrected chi connectivity index (χ4v) is 6.91. The molecule has 0 unspecified atom stereocenters. The first-order chi connectivity index (χ1) is 13.4. The summed E-state index contributed by atoms with van der Waals surface area (Å²) in [6.07, 6.45) is 9.04. The summed E-state index contributed by atoms with van der Waals surface area (Å²) in [4.78, 5) is 2.20. The number of hydrogen-bond donors (Lipinski definition) is 1. The number of aryl methyl sites for hydroxylation is 1. The summed E-state index contributed by atoms with van der Waals surface area (Å²) in [5.41, 5.74) is 2.77. The molecule has 0 radical (unpaired) electrons. The molecular weight excluding hydrogens is 346 g/mol. The summed E-state index contributed by atoms with van der Waals surface area (Å²) in [6.45, 7) is 6.43. The van der Waals surface area contributed by atoms with Crippen molar-refractivity contribution in [3.63, 3.8) is 0 Å². The molecule has 0 spiro atoms. The Bertz CT molecular complexity index is 702. The highest BCUT2D eigenvalue weighted by Crippen LogP contribution is 2.65. The number of fused-ring (bicyclic) bond motifs is 5. The largest absolute Gasteiger partial charge is 0.494 e. The highest BCUT2D eigenvalue weighted by molar-refractivity contribution is 5.41. The Morgan fingerprint density at radius 2 is 2.00 bits per heavy atom. The van der Waals surface area contributed by atoms with Crippen LogP contribution in [-0.4, -0.2) is 42.9 Å². The number of nitrogens with zero attached hydrogens (tertiary/aromatic N) is 1. The molecular formula is C25H39NO2. The smallest absolute Gasteiger partial charge is 0.119 e. The third-order valence-electron chi connectivity index (χ3n) is 8.62. The number of hydrogen-bond acceptors (Lipinski definition) is 3. The summed E-state index contributed by atoms with van der Waals surface area (Å²) in [7, 11) is 4.21. The lowest BCUT2D eigenvalue weighted by molar-refractivity contribution is -0.104. The normalized spacial score (nSPS) is 36.7. The second kappa shape index (κ2) is 7.65. The Morgan fingerprint density at radius 3 is 2.75 bits per heavy atom. The molecule has 156 valence electrons. The molecule has 3 heteroatoms. The number of benzene rings is 1. The van der Waals surface area contributed by atoms with Crippen molar-refractivity contribution in [3.05, 3.63) is 29.3 Å². The van der Waals surface area contributed by atoms with Gasteiger partial charge >= 0.3 is 0 Å². The van der Waals surface area contributed by atoms with Gasteiger partial charge in [0.15, 0.2) is 0 Å². The molecule has 28 heavy (non-hydrogen) atoms. The molecule has 1 aromatic carbocycles. The summed E-state index contributed by atoms with van der Waals surface area (Å²) < 4.78 is 6.03. The van der Waals surface area contributed by atoms with Crippen molar-refractivity contribution in [1.82, 2.24) is 4.90 Å². The molecule has 0 bridgehead atoms. The highest BCUT2D eigenvalue weighted by atomic mass is 16.5. The van der Waals surface area contributed by atoms with Crippen molar-refractivity contribution in [2.75, 3.05) is 27.2 Å². The van der Waals surface area contributed by atoms with Gasteiger partial charge in [0.05, 0.1) is 12.2 Å². The Morgan fingerprint density at radius 1 is 1.18 bits per heavy atom. The first kappa shape index (κ1) is 20.2. The quantitative estimate of drug-likeness (QED) is 0.698. The zero-order valence-electron chi connectivity index (χ0n) is 18.3. The maximum absolute atomic E-state index is 11.3. The monoisotopic (exact) mass is 385 g/mol. The van der Waals surface area contributed by atoms with Gasteiger partial charge in [-0.25, -0.2) is 0 Å². The van der Waals surface area contributed by atoms with E-state index in [0.29, 0.717) is 11.8 Å². The van der Waals surface area contributed by atoms with Crippen molar-refractivity contribution in [2.45, 2.75) is 76.7 Å². The Kier molecular flexibility index (Phi) is 5.52. The van der Waals surface area contributed by atoms with E-state index in [9.17, 15) is 5.11 Å². The third-order valence-corrected chi connectivity index (χ3v) is 8.62. The molecule has 1 N–H and O–H groups in total. The van der Waals surface area contributed by atoms with Crippen LogP contribution in [0.3, 0.4) is 0 Å². The topological polar surface area (TPSA) is 32.7 Å². The fraction of sp³-hybridized carbons (Fsp3) is 0.760. The molecule has 0 amide bonds. The molecule has 3 aliphatic carbocycles. The van der Waals surface area contributed by atoms with Gasteiger partial charge in [0.1, 0.15) is 5.75 Å². The molecule has 0 heterocycles. The van der Waals surface area contributed by atoms with Crippen LogP contribution in [0.4, 0.5) is 0 Å². The van der Waals surface area contributed by atoms with E-state index in [0.717, 1.165) is 44.1 Å². The Labute approximate surface area is 171 Å². The van der Waals surface area contributed by atoms with Gasteiger partial charge in [-0.2, -0.15) is 0 Å². The zero-order chi connectivity index (χ0) is 19.9. The average Bonchev–Trinajstić information content (AvgIpc) is 2.96. The fourth-order valence-electron chi connectivity index (χ4n) is 6.91. The van der Waals surface area contributed by atoms with Gasteiger partial charge in [-0.1, -0.05) is 19.9 Å². The number of rotatable bonds is 6. The molecule has 0 aliphatic heterocycles. The SMILES string of the molecule is CC[C@]1(O)CC[C@H]2[C@@H]3CCc4cc(OCCCN(C)C)ccc4[C@H]3CC[C@@]21C. The lowest BCUT2D eigenvalue weighted by Gasteiger charge is -2.53. The van der Waals surface area contributed by atoms with Crippen molar-refractivity contribution in [3.8, 4) is 5.75 Å². The van der Waals surface area contributed by atoms with Crippen LogP contribution >= 0.6 is 0 Å². The summed E-state index contributed by atoms with van der Waals surface area (Å²) in [5.74, 6) is 3.16. The van der Waals surface area contributed by atoms with Gasteiger partial charge in [0, 0.05) is 6.54 Å². The Hall–Kier alpha value is -1.06. The lowest BCUT2D eigenvalue weighted by atomic mass is 9.53. The van der Waals surface area contributed by atoms with Crippen molar-refractivity contribution >= 4 is 0 Å². The maximum Gasteiger partial charge on any atom is 0.119 e. The molecule has 3 aliphatic rings. The van der Waals surface area contributed by atoms with Gasteiger partial charge < -0.3 is 14.7 Å². The van der Waals surface area contributed by atoms with E-state index < -0.39 is 5.60 Å². The predicted molar refractivity (Wildman–Crippen MR) is 115 cm³/mol. The van der Waals surface area contributed by atoms with Crippen LogP contribution in [0.2, 0.25) is 0 Å². The molecule has 5 atom stereocenters. The second-order valence-electron chi connectivity index (χ2n) is 10.2. The van der Waals surface area contributed by atoms with Crippen LogP contribution in [0.25, 0.3) is 0 Å². The first-order valence-corrected chi connectivity index (χ1v) is 11.5. The van der Waals surface area contributed by atoms with Gasteiger partial charge in [-0.15, -0.1) is 0 Å². The molecule has 0 aromatic heterocycles. The molecule has 2 fully saturated rings. The van der Waals surface area contributed by atoms with Crippen LogP contribution < -0.4 is 4.74 Å². The van der Waals surface area contributed by atoms with Crippen LogP contribution in [0.1, 0.15) is 75.8 Å². The molecule has 3 nitrogen and oxygen atoms in total. The predicted octanol–water partition coefficient (Wildman–Crippen LogP) is 5.01. The Balaban J connectivity index is 1.48. The van der Waals surface area contributed by atoms with Gasteiger partial charge in [-0.05, 0) is 112 Å². The van der Waals surface area contributed by atoms with Crippen LogP contribution in [-0.2, 0) is 6.42 Å². The van der Waals surface area contributed by atoms with Gasteiger partial charge in [-0.3, -0.25) is 0 Å². The summed E-state index contributed by atoms with van der Waals surface area (Å²) in [5, 5.41) is 11.3. The minimum absolute atomic E-state index is 0.121. The van der Waals surface area contributed by atoms with E-state index in [1.54, 1.807) is 5.56 Å². The van der Waals surface area contributed by atoms with E-state index in [1.165, 1.54) is 37.7 Å². The van der Waals surface area contributed by atoms with E-state index in [2.05, 4.69) is 51.0 Å². The second-order valence-corrected chi connectivity index (χ2v) is 10.2. The van der Waals surface area contributed by atoms with Crippen molar-refractivity contribution < 1.29 is 9.84 Å². The van der Waals surface area contributed by atoms with Crippen LogP contribution in [0.5, 0.6) is 5.75 Å². The first-order valence-electron chi connectivity index (χ1n) is 11.5. The van der Waals surface area contributed by atoms with Crippen LogP contribution in [0.15, 0.2) is 18.2 Å². The standard InChI is InChI=1S/C25H39NO2/c1-5-25(27)14-12-23-22-9-7-18-17-19(28-16-6-15-26(3)4)8-10-20(18)21(22)11-13-24(23,25)2/h8,10,17,21-23,27H,5-7,9,11-16H2,1-4H3/t21-,22-,23+,24+,25+/m1/s1. The third kappa shape index (κ3) is 3.29. The molecule has 0 saturated heterocycles. The van der Waals surface area contributed by atoms with Crippen LogP contribution in [0, 0.1) is 17.3 Å². The molecule has 2 saturated carbocycles. The zero-order valence-corrected chi connectivity index (χ0v) is 18.3. The molecule has 1 aromatic rings. The van der Waals surface area contributed by atoms with Crippen molar-refractivity contribution in [1.29, 1.82) is 0 Å². The molecule has 4 rings (SSSR count). The summed E-state index contributed by atoms with van der Waals surface area (Å²) >= 11 is 0. The average molecular weight is 386 g/mol. The van der Waals surface area contributed by atoms with E-state index in [1.807, 2.05) is 0 Å². The minimum Gasteiger partial charge on any atom is -0.494 e. The number of aliphatic hydroxyl groups is 1. The highest BCUT2D eigenvalue weighted by Gasteiger charge is 2.60. The van der Waals surface area contributed by atoms with E-state index >= 15 is 0 Å². The maximum atomic E-state index is 11.3.